The molecule has 1 N–H and O–H groups in total. The lowest BCUT2D eigenvalue weighted by molar-refractivity contribution is -0.121. The third kappa shape index (κ3) is 6.00. The lowest BCUT2D eigenvalue weighted by Gasteiger charge is -2.43. The highest BCUT2D eigenvalue weighted by Gasteiger charge is 2.30. The van der Waals surface area contributed by atoms with Gasteiger partial charge in [-0.05, 0) is 79.2 Å². The zero-order valence-corrected chi connectivity index (χ0v) is 17.5. The van der Waals surface area contributed by atoms with E-state index in [2.05, 4.69) is 46.9 Å². The van der Waals surface area contributed by atoms with Crippen molar-refractivity contribution in [3.8, 4) is 5.75 Å². The summed E-state index contributed by atoms with van der Waals surface area (Å²) in [5.41, 5.74) is 1.14. The molecule has 1 aromatic rings. The van der Waals surface area contributed by atoms with Crippen molar-refractivity contribution in [2.75, 3.05) is 26.7 Å². The van der Waals surface area contributed by atoms with Gasteiger partial charge < -0.3 is 10.1 Å². The Labute approximate surface area is 160 Å². The van der Waals surface area contributed by atoms with Crippen molar-refractivity contribution < 1.29 is 9.53 Å². The quantitative estimate of drug-likeness (QED) is 0.737. The Kier molecular flexibility index (Phi) is 7.32. The molecule has 5 heteroatoms. The van der Waals surface area contributed by atoms with E-state index in [0.717, 1.165) is 41.2 Å². The summed E-state index contributed by atoms with van der Waals surface area (Å²) in [6.45, 7) is 9.73. The minimum absolute atomic E-state index is 0.00742. The third-order valence-electron chi connectivity index (χ3n) is 5.09. The first kappa shape index (κ1) is 20.2. The van der Waals surface area contributed by atoms with Crippen LogP contribution in [0.5, 0.6) is 5.75 Å². The van der Waals surface area contributed by atoms with Gasteiger partial charge in [-0.15, -0.1) is 0 Å². The molecule has 1 aromatic carbocycles. The highest BCUT2D eigenvalue weighted by atomic mass is 79.9. The average molecular weight is 411 g/mol. The van der Waals surface area contributed by atoms with Crippen LogP contribution in [-0.2, 0) is 11.2 Å². The molecule has 1 atom stereocenters. The highest BCUT2D eigenvalue weighted by molar-refractivity contribution is 9.10. The molecule has 2 rings (SSSR count). The Hall–Kier alpha value is -1.07. The zero-order valence-electron chi connectivity index (χ0n) is 15.9. The van der Waals surface area contributed by atoms with Crippen LogP contribution in [0.1, 0.15) is 45.6 Å². The number of aryl methyl sites for hydroxylation is 1. The number of carbonyl (C=O) groups is 1. The van der Waals surface area contributed by atoms with Crippen molar-refractivity contribution in [1.82, 2.24) is 10.2 Å². The monoisotopic (exact) mass is 410 g/mol. The summed E-state index contributed by atoms with van der Waals surface area (Å²) in [6, 6.07) is 5.96. The lowest BCUT2D eigenvalue weighted by atomic mass is 9.93. The van der Waals surface area contributed by atoms with Gasteiger partial charge in [-0.1, -0.05) is 13.0 Å². The largest absolute Gasteiger partial charge is 0.496 e. The fraction of sp³-hybridized carbons (Fsp3) is 0.650. The first-order valence-electron chi connectivity index (χ1n) is 9.16. The maximum atomic E-state index is 12.3. The third-order valence-corrected chi connectivity index (χ3v) is 5.71. The predicted octanol–water partition coefficient (Wildman–Crippen LogP) is 4.02. The summed E-state index contributed by atoms with van der Waals surface area (Å²) in [5, 5.41) is 3.13. The minimum Gasteiger partial charge on any atom is -0.496 e. The number of nitrogens with one attached hydrogen (secondary N) is 1. The van der Waals surface area contributed by atoms with Crippen LogP contribution in [0.2, 0.25) is 0 Å². The van der Waals surface area contributed by atoms with E-state index in [9.17, 15) is 4.79 Å². The van der Waals surface area contributed by atoms with Crippen LogP contribution in [0.25, 0.3) is 0 Å². The van der Waals surface area contributed by atoms with Gasteiger partial charge in [0.25, 0.3) is 0 Å². The Morgan fingerprint density at radius 3 is 2.84 bits per heavy atom. The van der Waals surface area contributed by atoms with Crippen LogP contribution in [0, 0.1) is 5.92 Å². The standard InChI is InChI=1S/C20H31BrN2O2/c1-15-6-5-11-23(13-15)20(2,3)14-22-19(24)10-8-16-7-9-18(25-4)17(21)12-16/h7,9,12,15H,5-6,8,10-11,13-14H2,1-4H3,(H,22,24). The molecule has 1 aliphatic heterocycles. The van der Waals surface area contributed by atoms with Gasteiger partial charge in [0.15, 0.2) is 0 Å². The number of amides is 1. The fourth-order valence-corrected chi connectivity index (χ4v) is 3.97. The van der Waals surface area contributed by atoms with E-state index in [4.69, 9.17) is 4.74 Å². The van der Waals surface area contributed by atoms with Crippen molar-refractivity contribution in [2.24, 2.45) is 5.92 Å². The fourth-order valence-electron chi connectivity index (χ4n) is 3.38. The Morgan fingerprint density at radius 1 is 1.44 bits per heavy atom. The first-order chi connectivity index (χ1) is 11.8. The maximum absolute atomic E-state index is 12.3. The molecule has 140 valence electrons. The van der Waals surface area contributed by atoms with Crippen molar-refractivity contribution in [2.45, 2.75) is 52.0 Å². The van der Waals surface area contributed by atoms with Crippen LogP contribution in [0.15, 0.2) is 22.7 Å². The van der Waals surface area contributed by atoms with Crippen LogP contribution >= 0.6 is 15.9 Å². The van der Waals surface area contributed by atoms with E-state index in [1.54, 1.807) is 7.11 Å². The van der Waals surface area contributed by atoms with Crippen molar-refractivity contribution >= 4 is 21.8 Å². The normalized spacial score (nSPS) is 18.8. The molecule has 25 heavy (non-hydrogen) atoms. The van der Waals surface area contributed by atoms with Gasteiger partial charge in [-0.3, -0.25) is 9.69 Å². The summed E-state index contributed by atoms with van der Waals surface area (Å²) in [5.74, 6) is 1.67. The second-order valence-electron chi connectivity index (χ2n) is 7.75. The number of likely N-dealkylation sites (tertiary alicyclic amines) is 1. The number of benzene rings is 1. The summed E-state index contributed by atoms with van der Waals surface area (Å²) in [6.07, 6.45) is 3.81. The van der Waals surface area contributed by atoms with Crippen molar-refractivity contribution in [1.29, 1.82) is 0 Å². The van der Waals surface area contributed by atoms with Gasteiger partial charge >= 0.3 is 0 Å². The van der Waals surface area contributed by atoms with E-state index in [0.29, 0.717) is 13.0 Å². The van der Waals surface area contributed by atoms with Gasteiger partial charge in [0.05, 0.1) is 11.6 Å². The summed E-state index contributed by atoms with van der Waals surface area (Å²) < 4.78 is 6.16. The van der Waals surface area contributed by atoms with Gasteiger partial charge in [0, 0.05) is 25.0 Å². The molecule has 1 unspecified atom stereocenters. The molecule has 1 fully saturated rings. The molecule has 0 bridgehead atoms. The second kappa shape index (κ2) is 9.04. The van der Waals surface area contributed by atoms with Gasteiger partial charge in [0.2, 0.25) is 5.91 Å². The summed E-state index contributed by atoms with van der Waals surface area (Å²) >= 11 is 3.49. The number of piperidine rings is 1. The number of methoxy groups -OCH3 is 1. The van der Waals surface area contributed by atoms with Gasteiger partial charge in [-0.2, -0.15) is 0 Å². The van der Waals surface area contributed by atoms with E-state index in [1.165, 1.54) is 12.8 Å². The van der Waals surface area contributed by atoms with Crippen LogP contribution < -0.4 is 10.1 Å². The number of halogens is 1. The number of hydrogen-bond donors (Lipinski definition) is 1. The number of ether oxygens (including phenoxy) is 1. The first-order valence-corrected chi connectivity index (χ1v) is 9.95. The van der Waals surface area contributed by atoms with Crippen molar-refractivity contribution in [3.05, 3.63) is 28.2 Å². The minimum atomic E-state index is 0.00742. The molecule has 0 saturated carbocycles. The number of carbonyl (C=O) groups excluding carboxylic acids is 1. The molecular weight excluding hydrogens is 380 g/mol. The Bertz CT molecular complexity index is 589. The molecule has 1 heterocycles. The van der Waals surface area contributed by atoms with Gasteiger partial charge in [-0.25, -0.2) is 0 Å². The predicted molar refractivity (Wildman–Crippen MR) is 106 cm³/mol. The second-order valence-corrected chi connectivity index (χ2v) is 8.61. The van der Waals surface area contributed by atoms with E-state index < -0.39 is 0 Å². The van der Waals surface area contributed by atoms with Gasteiger partial charge in [0.1, 0.15) is 5.75 Å². The molecule has 0 radical (unpaired) electrons. The number of hydrogen-bond acceptors (Lipinski definition) is 3. The smallest absolute Gasteiger partial charge is 0.220 e. The zero-order chi connectivity index (χ0) is 18.4. The molecular formula is C20H31BrN2O2. The van der Waals surface area contributed by atoms with Crippen LogP contribution in [0.3, 0.4) is 0 Å². The molecule has 1 amide bonds. The van der Waals surface area contributed by atoms with E-state index >= 15 is 0 Å². The summed E-state index contributed by atoms with van der Waals surface area (Å²) in [7, 11) is 1.65. The average Bonchev–Trinajstić information content (AvgIpc) is 2.58. The lowest BCUT2D eigenvalue weighted by Crippen LogP contribution is -2.54. The van der Waals surface area contributed by atoms with Crippen LogP contribution in [-0.4, -0.2) is 43.1 Å². The summed E-state index contributed by atoms with van der Waals surface area (Å²) in [4.78, 5) is 14.8. The molecule has 4 nitrogen and oxygen atoms in total. The topological polar surface area (TPSA) is 41.6 Å². The highest BCUT2D eigenvalue weighted by Crippen LogP contribution is 2.26. The Morgan fingerprint density at radius 2 is 2.20 bits per heavy atom. The molecule has 0 spiro atoms. The molecule has 0 aromatic heterocycles. The molecule has 1 saturated heterocycles. The van der Waals surface area contributed by atoms with E-state index in [-0.39, 0.29) is 11.4 Å². The van der Waals surface area contributed by atoms with Crippen molar-refractivity contribution in [3.63, 3.8) is 0 Å². The number of rotatable bonds is 7. The molecule has 0 aliphatic carbocycles. The Balaban J connectivity index is 1.79. The number of nitrogens with zero attached hydrogens (tertiary/aromatic N) is 1. The molecule has 1 aliphatic rings. The van der Waals surface area contributed by atoms with Crippen LogP contribution in [0.4, 0.5) is 0 Å². The maximum Gasteiger partial charge on any atom is 0.220 e. The SMILES string of the molecule is COc1ccc(CCC(=O)NCC(C)(C)N2CCCC(C)C2)cc1Br. The van der Waals surface area contributed by atoms with E-state index in [1.807, 2.05) is 18.2 Å².